The molecule has 2 nitrogen and oxygen atoms in total. The fraction of sp³-hybridized carbons (Fsp3) is 0.375. The molecule has 2 aromatic rings. The highest BCUT2D eigenvalue weighted by Gasteiger charge is 2.24. The lowest BCUT2D eigenvalue weighted by atomic mass is 9.96. The van der Waals surface area contributed by atoms with Crippen molar-refractivity contribution in [3.05, 3.63) is 48.6 Å². The van der Waals surface area contributed by atoms with Gasteiger partial charge in [-0.3, -0.25) is 0 Å². The highest BCUT2D eigenvalue weighted by molar-refractivity contribution is 9.10. The van der Waals surface area contributed by atoms with Crippen molar-refractivity contribution in [2.75, 3.05) is 13.7 Å². The second-order valence-electron chi connectivity index (χ2n) is 4.88. The van der Waals surface area contributed by atoms with Crippen LogP contribution >= 0.6 is 38.9 Å². The summed E-state index contributed by atoms with van der Waals surface area (Å²) in [5.41, 5.74) is 3.48. The number of thiophene rings is 1. The Morgan fingerprint density at radius 1 is 1.38 bits per heavy atom. The molecule has 0 spiro atoms. The third-order valence-electron chi connectivity index (χ3n) is 3.49. The zero-order valence-corrected chi connectivity index (χ0v) is 15.7. The van der Waals surface area contributed by atoms with E-state index < -0.39 is 0 Å². The number of ether oxygens (including phenoxy) is 1. The van der Waals surface area contributed by atoms with E-state index in [0.29, 0.717) is 0 Å². The topological polar surface area (TPSA) is 21.3 Å². The molecule has 5 heteroatoms. The molecular formula is C16H19BrClNOS. The lowest BCUT2D eigenvalue weighted by Gasteiger charge is -2.24. The Bertz CT molecular complexity index is 641. The molecule has 0 fully saturated rings. The Labute approximate surface area is 143 Å². The second kappa shape index (κ2) is 7.14. The van der Waals surface area contributed by atoms with Gasteiger partial charge in [-0.05, 0) is 49.7 Å². The van der Waals surface area contributed by atoms with Gasteiger partial charge in [0, 0.05) is 14.9 Å². The standard InChI is InChI=1S/C16H19BrClNOS/c1-5-19-15(12-6-7-13(18)21-12)14-10(3)11(17)8-9(2)16(14)20-4/h6-8,15,19H,5H2,1-4H3. The predicted octanol–water partition coefficient (Wildman–Crippen LogP) is 5.49. The summed E-state index contributed by atoms with van der Waals surface area (Å²) in [6.45, 7) is 7.15. The van der Waals surface area contributed by atoms with Gasteiger partial charge in [-0.15, -0.1) is 11.3 Å². The Hall–Kier alpha value is -0.550. The van der Waals surface area contributed by atoms with Gasteiger partial charge in [0.1, 0.15) is 5.75 Å². The molecule has 0 aliphatic rings. The molecule has 0 amide bonds. The molecule has 1 atom stereocenters. The zero-order valence-electron chi connectivity index (χ0n) is 12.6. The summed E-state index contributed by atoms with van der Waals surface area (Å²) in [6.07, 6.45) is 0. The highest BCUT2D eigenvalue weighted by atomic mass is 79.9. The highest BCUT2D eigenvalue weighted by Crippen LogP contribution is 2.41. The molecule has 2 rings (SSSR count). The van der Waals surface area contributed by atoms with Crippen LogP contribution < -0.4 is 10.1 Å². The molecule has 1 aromatic heterocycles. The van der Waals surface area contributed by atoms with Crippen LogP contribution in [0.2, 0.25) is 4.34 Å². The summed E-state index contributed by atoms with van der Waals surface area (Å²) in [5.74, 6) is 0.936. The Morgan fingerprint density at radius 2 is 2.10 bits per heavy atom. The van der Waals surface area contributed by atoms with E-state index in [4.69, 9.17) is 16.3 Å². The third kappa shape index (κ3) is 3.45. The van der Waals surface area contributed by atoms with Crippen LogP contribution in [-0.2, 0) is 0 Å². The molecule has 0 aliphatic heterocycles. The molecular weight excluding hydrogens is 370 g/mol. The lowest BCUT2D eigenvalue weighted by molar-refractivity contribution is 0.401. The average Bonchev–Trinajstić information content (AvgIpc) is 2.87. The summed E-state index contributed by atoms with van der Waals surface area (Å²) in [4.78, 5) is 1.20. The van der Waals surface area contributed by atoms with Gasteiger partial charge in [-0.2, -0.15) is 0 Å². The fourth-order valence-electron chi connectivity index (χ4n) is 2.53. The largest absolute Gasteiger partial charge is 0.496 e. The van der Waals surface area contributed by atoms with Gasteiger partial charge in [-0.25, -0.2) is 0 Å². The summed E-state index contributed by atoms with van der Waals surface area (Å²) in [5, 5.41) is 3.55. The van der Waals surface area contributed by atoms with Crippen molar-refractivity contribution in [1.82, 2.24) is 5.32 Å². The van der Waals surface area contributed by atoms with Gasteiger partial charge < -0.3 is 10.1 Å². The molecule has 21 heavy (non-hydrogen) atoms. The normalized spacial score (nSPS) is 12.5. The third-order valence-corrected chi connectivity index (χ3v) is 5.61. The molecule has 1 N–H and O–H groups in total. The molecule has 0 aliphatic carbocycles. The molecule has 1 heterocycles. The minimum absolute atomic E-state index is 0.0821. The number of benzene rings is 1. The minimum Gasteiger partial charge on any atom is -0.496 e. The Morgan fingerprint density at radius 3 is 2.62 bits per heavy atom. The first-order chi connectivity index (χ1) is 9.99. The van der Waals surface area contributed by atoms with E-state index >= 15 is 0 Å². The molecule has 114 valence electrons. The molecule has 0 bridgehead atoms. The number of aryl methyl sites for hydroxylation is 1. The molecule has 1 aromatic carbocycles. The van der Waals surface area contributed by atoms with Gasteiger partial charge >= 0.3 is 0 Å². The maximum Gasteiger partial charge on any atom is 0.127 e. The predicted molar refractivity (Wildman–Crippen MR) is 95.0 cm³/mol. The van der Waals surface area contributed by atoms with Crippen LogP contribution in [0.3, 0.4) is 0 Å². The minimum atomic E-state index is 0.0821. The summed E-state index contributed by atoms with van der Waals surface area (Å²) in [7, 11) is 1.73. The van der Waals surface area contributed by atoms with Crippen LogP contribution in [0.5, 0.6) is 5.75 Å². The molecule has 0 saturated carbocycles. The lowest BCUT2D eigenvalue weighted by Crippen LogP contribution is -2.23. The molecule has 0 radical (unpaired) electrons. The first kappa shape index (κ1) is 16.8. The number of nitrogens with one attached hydrogen (secondary N) is 1. The van der Waals surface area contributed by atoms with Crippen molar-refractivity contribution in [2.24, 2.45) is 0 Å². The van der Waals surface area contributed by atoms with Gasteiger partial charge in [0.15, 0.2) is 0 Å². The monoisotopic (exact) mass is 387 g/mol. The van der Waals surface area contributed by atoms with Crippen LogP contribution in [-0.4, -0.2) is 13.7 Å². The first-order valence-corrected chi connectivity index (χ1v) is 8.80. The first-order valence-electron chi connectivity index (χ1n) is 6.81. The summed E-state index contributed by atoms with van der Waals surface area (Å²) >= 11 is 11.4. The second-order valence-corrected chi connectivity index (χ2v) is 7.48. The van der Waals surface area contributed by atoms with E-state index in [1.54, 1.807) is 18.4 Å². The van der Waals surface area contributed by atoms with E-state index in [9.17, 15) is 0 Å². The fourth-order valence-corrected chi connectivity index (χ4v) is 4.23. The van der Waals surface area contributed by atoms with E-state index in [2.05, 4.69) is 54.2 Å². The van der Waals surface area contributed by atoms with Crippen molar-refractivity contribution in [3.8, 4) is 5.75 Å². The van der Waals surface area contributed by atoms with E-state index in [0.717, 1.165) is 26.7 Å². The van der Waals surface area contributed by atoms with Crippen molar-refractivity contribution in [3.63, 3.8) is 0 Å². The number of rotatable bonds is 5. The van der Waals surface area contributed by atoms with Crippen LogP contribution in [0.25, 0.3) is 0 Å². The van der Waals surface area contributed by atoms with Gasteiger partial charge in [0.25, 0.3) is 0 Å². The zero-order chi connectivity index (χ0) is 15.6. The van der Waals surface area contributed by atoms with Gasteiger partial charge in [-0.1, -0.05) is 34.5 Å². The smallest absolute Gasteiger partial charge is 0.127 e. The number of hydrogen-bond acceptors (Lipinski definition) is 3. The summed E-state index contributed by atoms with van der Waals surface area (Å²) < 4.78 is 7.58. The van der Waals surface area contributed by atoms with Crippen molar-refractivity contribution >= 4 is 38.9 Å². The van der Waals surface area contributed by atoms with Crippen molar-refractivity contribution in [1.29, 1.82) is 0 Å². The van der Waals surface area contributed by atoms with Crippen LogP contribution in [0.4, 0.5) is 0 Å². The quantitative estimate of drug-likeness (QED) is 0.731. The maximum absolute atomic E-state index is 6.12. The van der Waals surface area contributed by atoms with Crippen LogP contribution in [0.1, 0.15) is 34.5 Å². The van der Waals surface area contributed by atoms with Crippen LogP contribution in [0.15, 0.2) is 22.7 Å². The molecule has 1 unspecified atom stereocenters. The van der Waals surface area contributed by atoms with Gasteiger partial charge in [0.2, 0.25) is 0 Å². The van der Waals surface area contributed by atoms with E-state index in [1.165, 1.54) is 16.0 Å². The van der Waals surface area contributed by atoms with Crippen LogP contribution in [0, 0.1) is 13.8 Å². The maximum atomic E-state index is 6.12. The number of hydrogen-bond donors (Lipinski definition) is 1. The average molecular weight is 389 g/mol. The Balaban J connectivity index is 2.64. The number of halogens is 2. The van der Waals surface area contributed by atoms with E-state index in [-0.39, 0.29) is 6.04 Å². The molecule has 0 saturated heterocycles. The van der Waals surface area contributed by atoms with Gasteiger partial charge in [0.05, 0.1) is 17.5 Å². The summed E-state index contributed by atoms with van der Waals surface area (Å²) in [6, 6.07) is 6.20. The SMILES string of the molecule is CCNC(c1ccc(Cl)s1)c1c(C)c(Br)cc(C)c1OC. The Kier molecular flexibility index (Phi) is 5.72. The van der Waals surface area contributed by atoms with Crippen molar-refractivity contribution in [2.45, 2.75) is 26.8 Å². The van der Waals surface area contributed by atoms with Crippen molar-refractivity contribution < 1.29 is 4.74 Å². The van der Waals surface area contributed by atoms with E-state index in [1.807, 2.05) is 6.07 Å². The number of methoxy groups -OCH3 is 1.